The number of carbonyl (C=O) groups excluding carboxylic acids is 1. The Labute approximate surface area is 153 Å². The number of halogens is 1. The summed E-state index contributed by atoms with van der Waals surface area (Å²) in [7, 11) is -3.70. The van der Waals surface area contributed by atoms with Gasteiger partial charge in [0.25, 0.3) is 0 Å². The third-order valence-electron chi connectivity index (χ3n) is 4.01. The zero-order valence-corrected chi connectivity index (χ0v) is 15.9. The maximum Gasteiger partial charge on any atom is 0.240 e. The van der Waals surface area contributed by atoms with Crippen molar-refractivity contribution in [1.29, 1.82) is 0 Å². The molecular formula is C19H23FN2O3S. The van der Waals surface area contributed by atoms with Gasteiger partial charge in [0.2, 0.25) is 15.9 Å². The molecule has 0 aliphatic carbocycles. The largest absolute Gasteiger partial charge is 0.309 e. The van der Waals surface area contributed by atoms with Gasteiger partial charge < -0.3 is 4.90 Å². The number of sulfonamides is 1. The SMILES string of the molecule is CC(=O)N(CCNS(=O)(=O)c1ccc(C(C)C)cc1)c1ccccc1F. The van der Waals surface area contributed by atoms with Gasteiger partial charge in [0.15, 0.2) is 0 Å². The van der Waals surface area contributed by atoms with Crippen LogP contribution < -0.4 is 9.62 Å². The normalized spacial score (nSPS) is 11.6. The van der Waals surface area contributed by atoms with Crippen molar-refractivity contribution in [2.45, 2.75) is 31.6 Å². The Kier molecular flexibility index (Phi) is 6.50. The Balaban J connectivity index is 2.06. The van der Waals surface area contributed by atoms with Gasteiger partial charge in [-0.2, -0.15) is 0 Å². The van der Waals surface area contributed by atoms with Crippen LogP contribution in [0.3, 0.4) is 0 Å². The van der Waals surface area contributed by atoms with Crippen LogP contribution in [-0.2, 0) is 14.8 Å². The number of para-hydroxylation sites is 1. The van der Waals surface area contributed by atoms with Gasteiger partial charge >= 0.3 is 0 Å². The highest BCUT2D eigenvalue weighted by molar-refractivity contribution is 7.89. The molecule has 26 heavy (non-hydrogen) atoms. The highest BCUT2D eigenvalue weighted by Gasteiger charge is 2.18. The van der Waals surface area contributed by atoms with Crippen LogP contribution in [0.25, 0.3) is 0 Å². The molecule has 0 aromatic heterocycles. The summed E-state index contributed by atoms with van der Waals surface area (Å²) < 4.78 is 41.1. The fourth-order valence-corrected chi connectivity index (χ4v) is 3.55. The van der Waals surface area contributed by atoms with E-state index < -0.39 is 15.8 Å². The Morgan fingerprint density at radius 1 is 1.12 bits per heavy atom. The molecule has 7 heteroatoms. The Morgan fingerprint density at radius 2 is 1.73 bits per heavy atom. The lowest BCUT2D eigenvalue weighted by atomic mass is 10.0. The molecule has 5 nitrogen and oxygen atoms in total. The lowest BCUT2D eigenvalue weighted by molar-refractivity contribution is -0.116. The number of carbonyl (C=O) groups is 1. The molecule has 1 N–H and O–H groups in total. The first kappa shape index (κ1) is 20.1. The quantitative estimate of drug-likeness (QED) is 0.804. The van der Waals surface area contributed by atoms with E-state index in [1.54, 1.807) is 30.3 Å². The van der Waals surface area contributed by atoms with Crippen LogP contribution in [0.1, 0.15) is 32.3 Å². The van der Waals surface area contributed by atoms with Gasteiger partial charge in [-0.1, -0.05) is 38.1 Å². The summed E-state index contributed by atoms with van der Waals surface area (Å²) in [4.78, 5) is 13.2. The van der Waals surface area contributed by atoms with E-state index in [2.05, 4.69) is 4.72 Å². The topological polar surface area (TPSA) is 66.5 Å². The molecule has 2 aromatic rings. The number of hydrogen-bond acceptors (Lipinski definition) is 3. The second kappa shape index (κ2) is 8.42. The summed E-state index contributed by atoms with van der Waals surface area (Å²) in [5, 5.41) is 0. The molecule has 0 aliphatic heterocycles. The maximum atomic E-state index is 13.9. The fourth-order valence-electron chi connectivity index (χ4n) is 2.53. The van der Waals surface area contributed by atoms with Crippen molar-refractivity contribution in [3.05, 3.63) is 59.9 Å². The summed E-state index contributed by atoms with van der Waals surface area (Å²) >= 11 is 0. The third kappa shape index (κ3) is 4.89. The average molecular weight is 378 g/mol. The van der Waals surface area contributed by atoms with E-state index in [4.69, 9.17) is 0 Å². The Morgan fingerprint density at radius 3 is 2.27 bits per heavy atom. The van der Waals surface area contributed by atoms with Crippen molar-refractivity contribution in [1.82, 2.24) is 4.72 Å². The molecule has 2 rings (SSSR count). The van der Waals surface area contributed by atoms with Gasteiger partial charge in [-0.3, -0.25) is 4.79 Å². The van der Waals surface area contributed by atoms with Gasteiger partial charge in [-0.05, 0) is 35.7 Å². The second-order valence-electron chi connectivity index (χ2n) is 6.24. The molecule has 0 aliphatic rings. The summed E-state index contributed by atoms with van der Waals surface area (Å²) in [6.45, 7) is 5.37. The summed E-state index contributed by atoms with van der Waals surface area (Å²) in [5.41, 5.74) is 1.17. The molecule has 0 fully saturated rings. The number of rotatable bonds is 7. The van der Waals surface area contributed by atoms with E-state index in [9.17, 15) is 17.6 Å². The van der Waals surface area contributed by atoms with Crippen LogP contribution in [0.2, 0.25) is 0 Å². The van der Waals surface area contributed by atoms with Crippen LogP contribution in [0.15, 0.2) is 53.4 Å². The Hall–Kier alpha value is -2.25. The molecule has 0 saturated carbocycles. The van der Waals surface area contributed by atoms with Crippen LogP contribution in [0.5, 0.6) is 0 Å². The van der Waals surface area contributed by atoms with Crippen molar-refractivity contribution < 1.29 is 17.6 Å². The van der Waals surface area contributed by atoms with Crippen molar-refractivity contribution in [2.24, 2.45) is 0 Å². The molecule has 0 atom stereocenters. The molecular weight excluding hydrogens is 355 g/mol. The van der Waals surface area contributed by atoms with E-state index in [0.717, 1.165) is 5.56 Å². The summed E-state index contributed by atoms with van der Waals surface area (Å²) in [5.74, 6) is -0.588. The smallest absolute Gasteiger partial charge is 0.240 e. The fraction of sp³-hybridized carbons (Fsp3) is 0.316. The molecule has 140 valence electrons. The zero-order valence-electron chi connectivity index (χ0n) is 15.1. The summed E-state index contributed by atoms with van der Waals surface area (Å²) in [6, 6.07) is 12.5. The standard InChI is InChI=1S/C19H23FN2O3S/c1-14(2)16-8-10-17(11-9-16)26(24,25)21-12-13-22(15(3)23)19-7-5-4-6-18(19)20/h4-11,14,21H,12-13H2,1-3H3. The van der Waals surface area contributed by atoms with E-state index in [0.29, 0.717) is 5.92 Å². The van der Waals surface area contributed by atoms with Gasteiger partial charge in [-0.25, -0.2) is 17.5 Å². The minimum atomic E-state index is -3.70. The molecule has 0 unspecified atom stereocenters. The van der Waals surface area contributed by atoms with Crippen LogP contribution >= 0.6 is 0 Å². The predicted molar refractivity (Wildman–Crippen MR) is 100 cm³/mol. The molecule has 0 radical (unpaired) electrons. The average Bonchev–Trinajstić information content (AvgIpc) is 2.59. The molecule has 0 spiro atoms. The van der Waals surface area contributed by atoms with Crippen LogP contribution in [0, 0.1) is 5.82 Å². The first-order chi connectivity index (χ1) is 12.2. The molecule has 2 aromatic carbocycles. The van der Waals surface area contributed by atoms with E-state index in [-0.39, 0.29) is 29.6 Å². The minimum absolute atomic E-state index is 0.0256. The highest BCUT2D eigenvalue weighted by atomic mass is 32.2. The number of benzene rings is 2. The minimum Gasteiger partial charge on any atom is -0.309 e. The molecule has 0 bridgehead atoms. The number of nitrogens with zero attached hydrogens (tertiary/aromatic N) is 1. The van der Waals surface area contributed by atoms with Crippen molar-refractivity contribution in [3.63, 3.8) is 0 Å². The van der Waals surface area contributed by atoms with Crippen LogP contribution in [-0.4, -0.2) is 27.4 Å². The molecule has 0 saturated heterocycles. The number of anilines is 1. The van der Waals surface area contributed by atoms with Crippen molar-refractivity contribution in [2.75, 3.05) is 18.0 Å². The number of nitrogens with one attached hydrogen (secondary N) is 1. The lowest BCUT2D eigenvalue weighted by Crippen LogP contribution is -2.38. The molecule has 0 heterocycles. The first-order valence-electron chi connectivity index (χ1n) is 8.34. The van der Waals surface area contributed by atoms with Gasteiger partial charge in [0.1, 0.15) is 5.82 Å². The van der Waals surface area contributed by atoms with Crippen LogP contribution in [0.4, 0.5) is 10.1 Å². The highest BCUT2D eigenvalue weighted by Crippen LogP contribution is 2.19. The molecule has 1 amide bonds. The number of amides is 1. The number of hydrogen-bond donors (Lipinski definition) is 1. The van der Waals surface area contributed by atoms with E-state index in [1.165, 1.54) is 30.0 Å². The Bertz CT molecular complexity index is 865. The van der Waals surface area contributed by atoms with E-state index in [1.807, 2.05) is 13.8 Å². The lowest BCUT2D eigenvalue weighted by Gasteiger charge is -2.22. The summed E-state index contributed by atoms with van der Waals surface area (Å²) in [6.07, 6.45) is 0. The second-order valence-corrected chi connectivity index (χ2v) is 8.01. The van der Waals surface area contributed by atoms with Gasteiger partial charge in [0.05, 0.1) is 10.6 Å². The van der Waals surface area contributed by atoms with E-state index >= 15 is 0 Å². The predicted octanol–water partition coefficient (Wildman–Crippen LogP) is 3.28. The first-order valence-corrected chi connectivity index (χ1v) is 9.83. The van der Waals surface area contributed by atoms with Gasteiger partial charge in [0, 0.05) is 20.0 Å². The van der Waals surface area contributed by atoms with Crippen molar-refractivity contribution >= 4 is 21.6 Å². The van der Waals surface area contributed by atoms with Gasteiger partial charge in [-0.15, -0.1) is 0 Å². The monoisotopic (exact) mass is 378 g/mol. The maximum absolute atomic E-state index is 13.9. The zero-order chi connectivity index (χ0) is 19.3. The van der Waals surface area contributed by atoms with Crippen molar-refractivity contribution in [3.8, 4) is 0 Å². The third-order valence-corrected chi connectivity index (χ3v) is 5.48.